The second kappa shape index (κ2) is 12.8. The fraction of sp³-hybridized carbons (Fsp3) is 0.517. The SMILES string of the molecule is CCCC(=O)N(CCC)c1ccc2nc(Nc3ccc(C(C)=O)cc3)n(CCCN3CCCCC3)c2n1. The van der Waals surface area contributed by atoms with Crippen LogP contribution in [0.1, 0.15) is 76.1 Å². The number of nitrogens with one attached hydrogen (secondary N) is 1. The number of anilines is 3. The lowest BCUT2D eigenvalue weighted by molar-refractivity contribution is -0.118. The first kappa shape index (κ1) is 26.8. The molecule has 198 valence electrons. The standard InChI is InChI=1S/C29H40N6O2/c1-4-10-27(37)34(17-5-2)26-16-15-25-28(32-26)35(21-9-20-33-18-7-6-8-19-33)29(31-25)30-24-13-11-23(12-14-24)22(3)36/h11-16H,4-10,17-21H2,1-3H3,(H,30,31). The Morgan fingerprint density at radius 3 is 2.38 bits per heavy atom. The van der Waals surface area contributed by atoms with Gasteiger partial charge < -0.3 is 10.2 Å². The summed E-state index contributed by atoms with van der Waals surface area (Å²) in [7, 11) is 0. The van der Waals surface area contributed by atoms with E-state index >= 15 is 0 Å². The number of ketones is 1. The molecule has 1 fully saturated rings. The number of aromatic nitrogens is 3. The highest BCUT2D eigenvalue weighted by atomic mass is 16.2. The van der Waals surface area contributed by atoms with Crippen LogP contribution in [0, 0.1) is 0 Å². The lowest BCUT2D eigenvalue weighted by atomic mass is 10.1. The van der Waals surface area contributed by atoms with Gasteiger partial charge in [0.05, 0.1) is 0 Å². The fourth-order valence-corrected chi connectivity index (χ4v) is 4.94. The summed E-state index contributed by atoms with van der Waals surface area (Å²) in [5, 5.41) is 3.44. The van der Waals surface area contributed by atoms with E-state index in [0.29, 0.717) is 24.3 Å². The van der Waals surface area contributed by atoms with E-state index in [1.807, 2.05) is 48.2 Å². The molecule has 0 bridgehead atoms. The Morgan fingerprint density at radius 1 is 0.946 bits per heavy atom. The molecule has 3 heterocycles. The lowest BCUT2D eigenvalue weighted by Crippen LogP contribution is -2.32. The summed E-state index contributed by atoms with van der Waals surface area (Å²) in [5.74, 6) is 1.55. The molecule has 8 heteroatoms. The molecule has 0 unspecified atom stereocenters. The highest BCUT2D eigenvalue weighted by Crippen LogP contribution is 2.26. The number of nitrogens with zero attached hydrogens (tertiary/aromatic N) is 5. The van der Waals surface area contributed by atoms with Crippen LogP contribution in [0.25, 0.3) is 11.2 Å². The first-order valence-corrected chi connectivity index (χ1v) is 13.8. The zero-order valence-electron chi connectivity index (χ0n) is 22.5. The number of benzene rings is 1. The van der Waals surface area contributed by atoms with Crippen molar-refractivity contribution in [1.82, 2.24) is 19.4 Å². The van der Waals surface area contributed by atoms with Gasteiger partial charge >= 0.3 is 0 Å². The number of hydrogen-bond acceptors (Lipinski definition) is 6. The van der Waals surface area contributed by atoms with Crippen molar-refractivity contribution < 1.29 is 9.59 Å². The second-order valence-corrected chi connectivity index (χ2v) is 9.91. The molecule has 0 spiro atoms. The van der Waals surface area contributed by atoms with Crippen LogP contribution in [0.3, 0.4) is 0 Å². The van der Waals surface area contributed by atoms with Gasteiger partial charge in [-0.05, 0) is 95.1 Å². The number of rotatable bonds is 12. The van der Waals surface area contributed by atoms with Gasteiger partial charge in [0.2, 0.25) is 11.9 Å². The molecule has 1 amide bonds. The molecule has 0 aliphatic carbocycles. The number of pyridine rings is 1. The Bertz CT molecular complexity index is 1200. The Kier molecular flexibility index (Phi) is 9.28. The predicted molar refractivity (Wildman–Crippen MR) is 150 cm³/mol. The molecule has 2 aromatic heterocycles. The highest BCUT2D eigenvalue weighted by molar-refractivity contribution is 5.94. The number of aryl methyl sites for hydroxylation is 1. The second-order valence-electron chi connectivity index (χ2n) is 9.91. The van der Waals surface area contributed by atoms with Gasteiger partial charge in [-0.15, -0.1) is 0 Å². The third-order valence-corrected chi connectivity index (χ3v) is 6.92. The fourth-order valence-electron chi connectivity index (χ4n) is 4.94. The van der Waals surface area contributed by atoms with Gasteiger partial charge in [-0.3, -0.25) is 19.1 Å². The molecule has 8 nitrogen and oxygen atoms in total. The van der Waals surface area contributed by atoms with Crippen LogP contribution in [0.2, 0.25) is 0 Å². The molecule has 0 radical (unpaired) electrons. The van der Waals surface area contributed by atoms with Crippen molar-refractivity contribution >= 4 is 40.3 Å². The number of piperidine rings is 1. The van der Waals surface area contributed by atoms with Crippen LogP contribution in [0.5, 0.6) is 0 Å². The molecule has 1 saturated heterocycles. The van der Waals surface area contributed by atoms with Crippen LogP contribution in [0.15, 0.2) is 36.4 Å². The molecule has 1 N–H and O–H groups in total. The molecule has 0 saturated carbocycles. The number of carbonyl (C=O) groups excluding carboxylic acids is 2. The minimum atomic E-state index is 0.0440. The summed E-state index contributed by atoms with van der Waals surface area (Å²) < 4.78 is 2.14. The van der Waals surface area contributed by atoms with Crippen molar-refractivity contribution in [3.8, 4) is 0 Å². The quantitative estimate of drug-likeness (QED) is 0.314. The first-order valence-electron chi connectivity index (χ1n) is 13.8. The third kappa shape index (κ3) is 6.74. The molecular formula is C29H40N6O2. The van der Waals surface area contributed by atoms with Crippen LogP contribution < -0.4 is 10.2 Å². The van der Waals surface area contributed by atoms with E-state index in [-0.39, 0.29) is 11.7 Å². The van der Waals surface area contributed by atoms with Crippen molar-refractivity contribution in [2.45, 2.75) is 72.3 Å². The van der Waals surface area contributed by atoms with E-state index in [1.165, 1.54) is 32.4 Å². The first-order chi connectivity index (χ1) is 18.0. The molecule has 3 aromatic rings. The van der Waals surface area contributed by atoms with Crippen molar-refractivity contribution in [3.63, 3.8) is 0 Å². The summed E-state index contributed by atoms with van der Waals surface area (Å²) in [6.45, 7) is 10.5. The Balaban J connectivity index is 1.64. The van der Waals surface area contributed by atoms with E-state index in [0.717, 1.165) is 55.2 Å². The average molecular weight is 505 g/mol. The summed E-state index contributed by atoms with van der Waals surface area (Å²) in [5.41, 5.74) is 3.12. The minimum absolute atomic E-state index is 0.0440. The number of likely N-dealkylation sites (tertiary alicyclic amines) is 1. The number of imidazole rings is 1. The Morgan fingerprint density at radius 2 is 1.70 bits per heavy atom. The topological polar surface area (TPSA) is 83.4 Å². The minimum Gasteiger partial charge on any atom is -0.326 e. The summed E-state index contributed by atoms with van der Waals surface area (Å²) in [6, 6.07) is 11.3. The molecule has 1 aliphatic heterocycles. The van der Waals surface area contributed by atoms with Crippen molar-refractivity contribution in [3.05, 3.63) is 42.0 Å². The maximum Gasteiger partial charge on any atom is 0.228 e. The van der Waals surface area contributed by atoms with Crippen molar-refractivity contribution in [2.75, 3.05) is 36.4 Å². The number of hydrogen-bond donors (Lipinski definition) is 1. The van der Waals surface area contributed by atoms with E-state index in [4.69, 9.17) is 9.97 Å². The van der Waals surface area contributed by atoms with E-state index < -0.39 is 0 Å². The lowest BCUT2D eigenvalue weighted by Gasteiger charge is -2.26. The maximum atomic E-state index is 12.8. The predicted octanol–water partition coefficient (Wildman–Crippen LogP) is 5.80. The molecule has 1 aliphatic rings. The number of amides is 1. The van der Waals surface area contributed by atoms with E-state index in [9.17, 15) is 9.59 Å². The van der Waals surface area contributed by atoms with Gasteiger partial charge in [-0.2, -0.15) is 0 Å². The van der Waals surface area contributed by atoms with Crippen LogP contribution in [-0.2, 0) is 11.3 Å². The normalized spacial score (nSPS) is 14.1. The maximum absolute atomic E-state index is 12.8. The summed E-state index contributed by atoms with van der Waals surface area (Å²) >= 11 is 0. The molecule has 4 rings (SSSR count). The molecule has 37 heavy (non-hydrogen) atoms. The van der Waals surface area contributed by atoms with Gasteiger partial charge in [-0.25, -0.2) is 9.97 Å². The van der Waals surface area contributed by atoms with Crippen molar-refractivity contribution in [2.24, 2.45) is 0 Å². The van der Waals surface area contributed by atoms with Gasteiger partial charge in [-0.1, -0.05) is 20.3 Å². The van der Waals surface area contributed by atoms with Crippen LogP contribution in [-0.4, -0.2) is 57.3 Å². The average Bonchev–Trinajstić information content (AvgIpc) is 3.24. The molecular weight excluding hydrogens is 464 g/mol. The zero-order chi connectivity index (χ0) is 26.2. The third-order valence-electron chi connectivity index (χ3n) is 6.92. The smallest absolute Gasteiger partial charge is 0.228 e. The van der Waals surface area contributed by atoms with E-state index in [1.54, 1.807) is 6.92 Å². The summed E-state index contributed by atoms with van der Waals surface area (Å²) in [4.78, 5) is 38.7. The number of fused-ring (bicyclic) bond motifs is 1. The van der Waals surface area contributed by atoms with Crippen LogP contribution >= 0.6 is 0 Å². The largest absolute Gasteiger partial charge is 0.326 e. The molecule has 1 aromatic carbocycles. The van der Waals surface area contributed by atoms with Crippen LogP contribution in [0.4, 0.5) is 17.5 Å². The highest BCUT2D eigenvalue weighted by Gasteiger charge is 2.19. The Hall–Kier alpha value is -3.26. The van der Waals surface area contributed by atoms with E-state index in [2.05, 4.69) is 21.7 Å². The van der Waals surface area contributed by atoms with Crippen molar-refractivity contribution in [1.29, 1.82) is 0 Å². The molecule has 0 atom stereocenters. The summed E-state index contributed by atoms with van der Waals surface area (Å²) in [6.07, 6.45) is 7.07. The van der Waals surface area contributed by atoms with Gasteiger partial charge in [0.1, 0.15) is 11.3 Å². The van der Waals surface area contributed by atoms with Gasteiger partial charge in [0, 0.05) is 30.8 Å². The monoisotopic (exact) mass is 504 g/mol. The number of Topliss-reactive ketones (excluding diaryl/α,β-unsaturated/α-hetero) is 1. The Labute approximate surface area is 220 Å². The van der Waals surface area contributed by atoms with Gasteiger partial charge in [0.25, 0.3) is 0 Å². The van der Waals surface area contributed by atoms with Gasteiger partial charge in [0.15, 0.2) is 11.4 Å². The number of carbonyl (C=O) groups is 2. The zero-order valence-corrected chi connectivity index (χ0v) is 22.5.